The molecular formula is C7H7N7. The van der Waals surface area contributed by atoms with E-state index in [0.717, 1.165) is 0 Å². The van der Waals surface area contributed by atoms with Crippen molar-refractivity contribution in [2.45, 2.75) is 0 Å². The van der Waals surface area contributed by atoms with E-state index in [4.69, 9.17) is 0 Å². The van der Waals surface area contributed by atoms with Gasteiger partial charge in [0.2, 0.25) is 0 Å². The highest BCUT2D eigenvalue weighted by molar-refractivity contribution is 5.71. The molecule has 0 bridgehead atoms. The molecule has 0 aromatic carbocycles. The predicted octanol–water partition coefficient (Wildman–Crippen LogP) is 1.79. The number of hydrogen-bond acceptors (Lipinski definition) is 7. The Balaban J connectivity index is 2.24. The summed E-state index contributed by atoms with van der Waals surface area (Å²) in [4.78, 5) is 0. The van der Waals surface area contributed by atoms with Crippen LogP contribution in [0.2, 0.25) is 0 Å². The summed E-state index contributed by atoms with van der Waals surface area (Å²) in [6.07, 6.45) is 12.4. The summed E-state index contributed by atoms with van der Waals surface area (Å²) in [6, 6.07) is 0. The van der Waals surface area contributed by atoms with Crippen molar-refractivity contribution in [3.8, 4) is 0 Å². The molecule has 0 saturated heterocycles. The fourth-order valence-electron chi connectivity index (χ4n) is 0.822. The third-order valence-corrected chi connectivity index (χ3v) is 1.39. The van der Waals surface area contributed by atoms with E-state index in [9.17, 15) is 0 Å². The molecule has 0 saturated carbocycles. The predicted molar refractivity (Wildman–Crippen MR) is 49.3 cm³/mol. The third-order valence-electron chi connectivity index (χ3n) is 1.39. The zero-order valence-corrected chi connectivity index (χ0v) is 7.17. The quantitative estimate of drug-likeness (QED) is 0.583. The Labute approximate surface area is 80.0 Å². The fourth-order valence-corrected chi connectivity index (χ4v) is 0.822. The molecule has 0 aromatic rings. The number of fused-ring (bicyclic) bond motifs is 1. The molecule has 0 radical (unpaired) electrons. The summed E-state index contributed by atoms with van der Waals surface area (Å²) in [7, 11) is 0. The first-order chi connectivity index (χ1) is 6.97. The van der Waals surface area contributed by atoms with Crippen LogP contribution in [-0.2, 0) is 0 Å². The van der Waals surface area contributed by atoms with Gasteiger partial charge in [-0.15, -0.1) is 10.2 Å². The number of rotatable bonds is 0. The van der Waals surface area contributed by atoms with Crippen LogP contribution in [0.25, 0.3) is 0 Å². The lowest BCUT2D eigenvalue weighted by Gasteiger charge is -2.19. The van der Waals surface area contributed by atoms with E-state index in [1.165, 1.54) is 10.3 Å². The molecule has 0 aromatic heterocycles. The summed E-state index contributed by atoms with van der Waals surface area (Å²) in [5, 5.41) is 20.6. The second-order valence-corrected chi connectivity index (χ2v) is 2.32. The largest absolute Gasteiger partial charge is 0.139 e. The van der Waals surface area contributed by atoms with Gasteiger partial charge in [-0.3, -0.25) is 0 Å². The summed E-state index contributed by atoms with van der Waals surface area (Å²) >= 11 is 0. The fraction of sp³-hybridized carbons (Fsp3) is 0. The second kappa shape index (κ2) is 4.08. The van der Waals surface area contributed by atoms with Crippen molar-refractivity contribution in [3.63, 3.8) is 0 Å². The van der Waals surface area contributed by atoms with Crippen molar-refractivity contribution in [2.24, 2.45) is 26.0 Å². The molecule has 2 rings (SSSR count). The molecule has 2 aliphatic rings. The van der Waals surface area contributed by atoms with E-state index in [1.54, 1.807) is 24.6 Å². The molecule has 70 valence electrons. The number of nitrogens with zero attached hydrogens (tertiary/aromatic N) is 7. The van der Waals surface area contributed by atoms with Crippen LogP contribution >= 0.6 is 0 Å². The number of hydrazine groups is 1. The molecule has 0 N–H and O–H groups in total. The van der Waals surface area contributed by atoms with E-state index in [2.05, 4.69) is 26.0 Å². The number of allylic oxidation sites excluding steroid dienone is 5. The highest BCUT2D eigenvalue weighted by atomic mass is 16.1. The SMILES string of the molecule is C1=C/C=C/N2N=NN=NN2/N=C/C=C1. The summed E-state index contributed by atoms with van der Waals surface area (Å²) in [6.45, 7) is 0. The van der Waals surface area contributed by atoms with E-state index in [0.29, 0.717) is 0 Å². The van der Waals surface area contributed by atoms with Crippen LogP contribution in [0.4, 0.5) is 0 Å². The summed E-state index contributed by atoms with van der Waals surface area (Å²) in [5.41, 5.74) is 0. The Kier molecular flexibility index (Phi) is 2.42. The minimum atomic E-state index is 1.22. The van der Waals surface area contributed by atoms with Crippen molar-refractivity contribution in [3.05, 3.63) is 36.6 Å². The molecule has 7 heteroatoms. The van der Waals surface area contributed by atoms with Crippen LogP contribution in [0.3, 0.4) is 0 Å². The summed E-state index contributed by atoms with van der Waals surface area (Å²) < 4.78 is 0. The normalized spacial score (nSPS) is 23.4. The molecule has 0 atom stereocenters. The van der Waals surface area contributed by atoms with Crippen LogP contribution in [0, 0.1) is 0 Å². The smallest absolute Gasteiger partial charge is 0.0531 e. The molecule has 2 heterocycles. The maximum atomic E-state index is 3.96. The first kappa shape index (κ1) is 8.30. The van der Waals surface area contributed by atoms with Crippen molar-refractivity contribution in [1.29, 1.82) is 0 Å². The maximum Gasteiger partial charge on any atom is 0.0531 e. The van der Waals surface area contributed by atoms with Crippen LogP contribution in [0.15, 0.2) is 62.6 Å². The lowest BCUT2D eigenvalue weighted by molar-refractivity contribution is -0.00496. The Bertz CT molecular complexity index is 326. The van der Waals surface area contributed by atoms with Gasteiger partial charge < -0.3 is 0 Å². The third kappa shape index (κ3) is 1.89. The van der Waals surface area contributed by atoms with Gasteiger partial charge in [0.05, 0.1) is 12.4 Å². The molecule has 0 spiro atoms. The van der Waals surface area contributed by atoms with E-state index >= 15 is 0 Å². The summed E-state index contributed by atoms with van der Waals surface area (Å²) in [5.74, 6) is 0. The highest BCUT2D eigenvalue weighted by Crippen LogP contribution is 2.09. The van der Waals surface area contributed by atoms with Gasteiger partial charge in [0.1, 0.15) is 0 Å². The van der Waals surface area contributed by atoms with Gasteiger partial charge in [-0.2, -0.15) is 0 Å². The first-order valence-electron chi connectivity index (χ1n) is 3.92. The zero-order chi connectivity index (χ0) is 9.64. The molecule has 2 aliphatic heterocycles. The Morgan fingerprint density at radius 3 is 2.57 bits per heavy atom. The number of hydrogen-bond donors (Lipinski definition) is 0. The Morgan fingerprint density at radius 1 is 0.786 bits per heavy atom. The van der Waals surface area contributed by atoms with Gasteiger partial charge in [0, 0.05) is 0 Å². The topological polar surface area (TPSA) is 68.3 Å². The van der Waals surface area contributed by atoms with E-state index in [1.807, 2.05) is 18.2 Å². The minimum Gasteiger partial charge on any atom is -0.139 e. The van der Waals surface area contributed by atoms with Gasteiger partial charge in [-0.25, -0.2) is 0 Å². The standard InChI is InChI=1S/C7H7N7/c1-2-4-6-8-14-12-10-9-11-13(14)7-5-3-1/h1-7H/b3-1?,4-2?,7-5+,8-6+. The molecule has 14 heavy (non-hydrogen) atoms. The van der Waals surface area contributed by atoms with Crippen LogP contribution < -0.4 is 0 Å². The average Bonchev–Trinajstić information content (AvgIpc) is 2.25. The van der Waals surface area contributed by atoms with Gasteiger partial charge in [-0.1, -0.05) is 18.2 Å². The van der Waals surface area contributed by atoms with E-state index < -0.39 is 0 Å². The molecular weight excluding hydrogens is 182 g/mol. The Morgan fingerprint density at radius 2 is 1.57 bits per heavy atom. The number of hydrazone groups is 1. The molecule has 0 amide bonds. The Hall–Kier alpha value is -2.31. The lowest BCUT2D eigenvalue weighted by Crippen LogP contribution is -2.26. The molecule has 7 nitrogen and oxygen atoms in total. The average molecular weight is 189 g/mol. The minimum absolute atomic E-state index is 1.22. The van der Waals surface area contributed by atoms with Gasteiger partial charge in [0.15, 0.2) is 0 Å². The highest BCUT2D eigenvalue weighted by Gasteiger charge is 2.09. The zero-order valence-electron chi connectivity index (χ0n) is 7.17. The lowest BCUT2D eigenvalue weighted by atomic mass is 10.4. The van der Waals surface area contributed by atoms with Crippen molar-refractivity contribution in [1.82, 2.24) is 10.3 Å². The van der Waals surface area contributed by atoms with Gasteiger partial charge >= 0.3 is 0 Å². The van der Waals surface area contributed by atoms with Crippen molar-refractivity contribution >= 4 is 6.21 Å². The monoisotopic (exact) mass is 189 g/mol. The van der Waals surface area contributed by atoms with Crippen LogP contribution in [-0.4, -0.2) is 16.6 Å². The van der Waals surface area contributed by atoms with Gasteiger partial charge in [0.25, 0.3) is 0 Å². The van der Waals surface area contributed by atoms with Crippen LogP contribution in [0.1, 0.15) is 0 Å². The van der Waals surface area contributed by atoms with Crippen LogP contribution in [0.5, 0.6) is 0 Å². The second-order valence-electron chi connectivity index (χ2n) is 2.32. The van der Waals surface area contributed by atoms with Crippen molar-refractivity contribution in [2.75, 3.05) is 0 Å². The molecule has 0 aliphatic carbocycles. The molecule has 0 fully saturated rings. The van der Waals surface area contributed by atoms with E-state index in [-0.39, 0.29) is 0 Å². The van der Waals surface area contributed by atoms with Crippen molar-refractivity contribution < 1.29 is 0 Å². The van der Waals surface area contributed by atoms with Gasteiger partial charge in [-0.05, 0) is 38.3 Å². The maximum absolute atomic E-state index is 3.96. The molecule has 0 unspecified atom stereocenters. The first-order valence-corrected chi connectivity index (χ1v) is 3.92.